The second-order valence-corrected chi connectivity index (χ2v) is 4.20. The van der Waals surface area contributed by atoms with E-state index < -0.39 is 5.97 Å². The number of anilines is 1. The van der Waals surface area contributed by atoms with Crippen LogP contribution in [0, 0.1) is 0 Å². The number of carbonyl (C=O) groups is 1. The molecule has 2 aromatic rings. The molecule has 0 aliphatic rings. The number of nitrogens with one attached hydrogen (secondary N) is 1. The molecule has 0 aliphatic heterocycles. The van der Waals surface area contributed by atoms with E-state index in [1.165, 1.54) is 5.56 Å². The normalized spacial score (nSPS) is 10.2. The van der Waals surface area contributed by atoms with E-state index in [2.05, 4.69) is 29.4 Å². The summed E-state index contributed by atoms with van der Waals surface area (Å²) in [6, 6.07) is 11.4. The van der Waals surface area contributed by atoms with E-state index in [0.717, 1.165) is 17.7 Å². The Morgan fingerprint density at radius 2 is 1.89 bits per heavy atom. The Labute approximate surface area is 112 Å². The van der Waals surface area contributed by atoms with Crippen molar-refractivity contribution in [1.29, 1.82) is 0 Å². The molecule has 0 unspecified atom stereocenters. The van der Waals surface area contributed by atoms with Gasteiger partial charge < -0.3 is 10.4 Å². The number of aryl methyl sites for hydroxylation is 1. The second-order valence-electron chi connectivity index (χ2n) is 4.20. The summed E-state index contributed by atoms with van der Waals surface area (Å²) in [5, 5.41) is 11.9. The second kappa shape index (κ2) is 5.52. The Hall–Kier alpha value is -2.36. The van der Waals surface area contributed by atoms with Gasteiger partial charge in [0.2, 0.25) is 0 Å². The standard InChI is InChI=1S/C15H16N2O2/c1-3-10-4-6-11(7-5-10)13-9-8-12(15(18)19)14(16-2)17-13/h4-9H,3H2,1-2H3,(H,16,17)(H,18,19). The summed E-state index contributed by atoms with van der Waals surface area (Å²) in [5.41, 5.74) is 3.18. The van der Waals surface area contributed by atoms with E-state index in [4.69, 9.17) is 5.11 Å². The van der Waals surface area contributed by atoms with Crippen LogP contribution in [-0.4, -0.2) is 23.1 Å². The average Bonchev–Trinajstić information content (AvgIpc) is 2.46. The molecule has 19 heavy (non-hydrogen) atoms. The number of hydrogen-bond donors (Lipinski definition) is 2. The summed E-state index contributed by atoms with van der Waals surface area (Å²) in [4.78, 5) is 15.4. The van der Waals surface area contributed by atoms with Crippen molar-refractivity contribution in [1.82, 2.24) is 4.98 Å². The minimum absolute atomic E-state index is 0.177. The van der Waals surface area contributed by atoms with Gasteiger partial charge in [-0.2, -0.15) is 0 Å². The maximum Gasteiger partial charge on any atom is 0.339 e. The van der Waals surface area contributed by atoms with Crippen LogP contribution in [0.2, 0.25) is 0 Å². The topological polar surface area (TPSA) is 62.2 Å². The third-order valence-corrected chi connectivity index (χ3v) is 3.02. The predicted molar refractivity (Wildman–Crippen MR) is 75.6 cm³/mol. The van der Waals surface area contributed by atoms with E-state index in [-0.39, 0.29) is 5.56 Å². The van der Waals surface area contributed by atoms with Gasteiger partial charge in [-0.1, -0.05) is 31.2 Å². The largest absolute Gasteiger partial charge is 0.478 e. The first kappa shape index (κ1) is 13.1. The van der Waals surface area contributed by atoms with Crippen LogP contribution in [0.15, 0.2) is 36.4 Å². The van der Waals surface area contributed by atoms with E-state index in [1.54, 1.807) is 19.2 Å². The predicted octanol–water partition coefficient (Wildman–Crippen LogP) is 3.05. The third kappa shape index (κ3) is 2.73. The summed E-state index contributed by atoms with van der Waals surface area (Å²) in [6.07, 6.45) is 0.993. The molecule has 0 saturated carbocycles. The number of hydrogen-bond acceptors (Lipinski definition) is 3. The van der Waals surface area contributed by atoms with Crippen molar-refractivity contribution in [2.75, 3.05) is 12.4 Å². The highest BCUT2D eigenvalue weighted by Crippen LogP contribution is 2.22. The summed E-state index contributed by atoms with van der Waals surface area (Å²) in [6.45, 7) is 2.11. The molecule has 0 amide bonds. The first-order valence-corrected chi connectivity index (χ1v) is 6.17. The molecule has 0 saturated heterocycles. The van der Waals surface area contributed by atoms with Gasteiger partial charge in [0, 0.05) is 12.6 Å². The number of aromatic nitrogens is 1. The zero-order valence-electron chi connectivity index (χ0n) is 11.0. The van der Waals surface area contributed by atoms with E-state index >= 15 is 0 Å². The van der Waals surface area contributed by atoms with E-state index in [0.29, 0.717) is 5.82 Å². The molecule has 1 aromatic carbocycles. The molecule has 0 spiro atoms. The molecule has 1 heterocycles. The van der Waals surface area contributed by atoms with Gasteiger partial charge in [0.05, 0.1) is 5.69 Å². The van der Waals surface area contributed by atoms with Crippen molar-refractivity contribution in [3.63, 3.8) is 0 Å². The van der Waals surface area contributed by atoms with Crippen LogP contribution < -0.4 is 5.32 Å². The van der Waals surface area contributed by atoms with Crippen molar-refractivity contribution in [3.8, 4) is 11.3 Å². The summed E-state index contributed by atoms with van der Waals surface area (Å²) >= 11 is 0. The number of nitrogens with zero attached hydrogens (tertiary/aromatic N) is 1. The zero-order valence-corrected chi connectivity index (χ0v) is 11.0. The lowest BCUT2D eigenvalue weighted by atomic mass is 10.1. The molecule has 0 radical (unpaired) electrons. The van der Waals surface area contributed by atoms with Crippen LogP contribution >= 0.6 is 0 Å². The molecule has 4 nitrogen and oxygen atoms in total. The fourth-order valence-electron chi connectivity index (χ4n) is 1.89. The molecule has 0 aliphatic carbocycles. The molecule has 0 bridgehead atoms. The van der Waals surface area contributed by atoms with Gasteiger partial charge >= 0.3 is 5.97 Å². The number of carboxylic acids is 1. The fourth-order valence-corrected chi connectivity index (χ4v) is 1.89. The number of pyridine rings is 1. The highest BCUT2D eigenvalue weighted by Gasteiger charge is 2.11. The first-order valence-electron chi connectivity index (χ1n) is 6.17. The Bertz CT molecular complexity index is 592. The lowest BCUT2D eigenvalue weighted by Crippen LogP contribution is -2.05. The van der Waals surface area contributed by atoms with Crippen molar-refractivity contribution < 1.29 is 9.90 Å². The Kier molecular flexibility index (Phi) is 3.80. The van der Waals surface area contributed by atoms with Crippen molar-refractivity contribution in [2.24, 2.45) is 0 Å². The third-order valence-electron chi connectivity index (χ3n) is 3.02. The van der Waals surface area contributed by atoms with Crippen molar-refractivity contribution in [3.05, 3.63) is 47.5 Å². The van der Waals surface area contributed by atoms with Gasteiger partial charge in [0.15, 0.2) is 0 Å². The van der Waals surface area contributed by atoms with Gasteiger partial charge in [-0.15, -0.1) is 0 Å². The van der Waals surface area contributed by atoms with Crippen LogP contribution in [0.1, 0.15) is 22.8 Å². The Morgan fingerprint density at radius 3 is 2.42 bits per heavy atom. The highest BCUT2D eigenvalue weighted by molar-refractivity contribution is 5.93. The Balaban J connectivity index is 2.42. The molecule has 4 heteroatoms. The summed E-state index contributed by atoms with van der Waals surface area (Å²) < 4.78 is 0. The number of benzene rings is 1. The average molecular weight is 256 g/mol. The van der Waals surface area contributed by atoms with Crippen molar-refractivity contribution >= 4 is 11.8 Å². The quantitative estimate of drug-likeness (QED) is 0.882. The minimum Gasteiger partial charge on any atom is -0.478 e. The van der Waals surface area contributed by atoms with Gasteiger partial charge in [0.25, 0.3) is 0 Å². The van der Waals surface area contributed by atoms with E-state index in [1.807, 2.05) is 12.1 Å². The number of carboxylic acid groups (broad SMARTS) is 1. The van der Waals surface area contributed by atoms with Crippen LogP contribution in [0.25, 0.3) is 11.3 Å². The summed E-state index contributed by atoms with van der Waals surface area (Å²) in [5.74, 6) is -0.603. The zero-order chi connectivity index (χ0) is 13.8. The lowest BCUT2D eigenvalue weighted by Gasteiger charge is -2.08. The van der Waals surface area contributed by atoms with Crippen LogP contribution in [0.5, 0.6) is 0 Å². The van der Waals surface area contributed by atoms with E-state index in [9.17, 15) is 4.79 Å². The maximum atomic E-state index is 11.0. The van der Waals surface area contributed by atoms with Crippen LogP contribution in [0.4, 0.5) is 5.82 Å². The lowest BCUT2D eigenvalue weighted by molar-refractivity contribution is 0.0697. The molecule has 2 N–H and O–H groups in total. The minimum atomic E-state index is -0.982. The fraction of sp³-hybridized carbons (Fsp3) is 0.200. The van der Waals surface area contributed by atoms with Crippen molar-refractivity contribution in [2.45, 2.75) is 13.3 Å². The smallest absolute Gasteiger partial charge is 0.339 e. The maximum absolute atomic E-state index is 11.0. The molecular weight excluding hydrogens is 240 g/mol. The molecule has 0 fully saturated rings. The van der Waals surface area contributed by atoms with Gasteiger partial charge in [0.1, 0.15) is 11.4 Å². The van der Waals surface area contributed by atoms with Crippen LogP contribution in [-0.2, 0) is 6.42 Å². The number of rotatable bonds is 4. The summed E-state index contributed by atoms with van der Waals surface area (Å²) in [7, 11) is 1.67. The molecule has 98 valence electrons. The monoisotopic (exact) mass is 256 g/mol. The SMILES string of the molecule is CCc1ccc(-c2ccc(C(=O)O)c(NC)n2)cc1. The van der Waals surface area contributed by atoms with Gasteiger partial charge in [-0.05, 0) is 24.1 Å². The van der Waals surface area contributed by atoms with Crippen LogP contribution in [0.3, 0.4) is 0 Å². The Morgan fingerprint density at radius 1 is 1.21 bits per heavy atom. The molecule has 1 aromatic heterocycles. The molecule has 0 atom stereocenters. The van der Waals surface area contributed by atoms with Gasteiger partial charge in [-0.3, -0.25) is 0 Å². The first-order chi connectivity index (χ1) is 9.15. The molecule has 2 rings (SSSR count). The molecular formula is C15H16N2O2. The van der Waals surface area contributed by atoms with Gasteiger partial charge in [-0.25, -0.2) is 9.78 Å². The highest BCUT2D eigenvalue weighted by atomic mass is 16.4. The number of aromatic carboxylic acids is 1.